The van der Waals surface area contributed by atoms with Gasteiger partial charge in [0.2, 0.25) is 10.0 Å². The van der Waals surface area contributed by atoms with E-state index in [1.165, 1.54) is 12.8 Å². The lowest BCUT2D eigenvalue weighted by Crippen LogP contribution is -2.45. The molecule has 2 aliphatic rings. The monoisotopic (exact) mass is 329 g/mol. The van der Waals surface area contributed by atoms with Crippen LogP contribution in [0.15, 0.2) is 17.2 Å². The fourth-order valence-corrected chi connectivity index (χ4v) is 5.47. The summed E-state index contributed by atoms with van der Waals surface area (Å²) in [7, 11) is -3.37. The molecule has 0 unspecified atom stereocenters. The highest BCUT2D eigenvalue weighted by Crippen LogP contribution is 2.32. The van der Waals surface area contributed by atoms with Crippen LogP contribution in [0.25, 0.3) is 0 Å². The second-order valence-electron chi connectivity index (χ2n) is 6.46. The van der Waals surface area contributed by atoms with Crippen LogP contribution in [0, 0.1) is 0 Å². The Balaban J connectivity index is 1.71. The summed E-state index contributed by atoms with van der Waals surface area (Å²) in [4.78, 5) is 3.47. The first-order valence-corrected chi connectivity index (χ1v) is 9.84. The van der Waals surface area contributed by atoms with Gasteiger partial charge in [-0.1, -0.05) is 0 Å². The Morgan fingerprint density at radius 3 is 2.90 bits per heavy atom. The van der Waals surface area contributed by atoms with Crippen molar-refractivity contribution in [3.8, 4) is 0 Å². The van der Waals surface area contributed by atoms with Crippen molar-refractivity contribution in [3.05, 3.63) is 18.0 Å². The molecule has 1 saturated carbocycles. The van der Waals surface area contributed by atoms with Crippen molar-refractivity contribution in [2.75, 3.05) is 18.8 Å². The third kappa shape index (κ3) is 3.64. The van der Waals surface area contributed by atoms with Gasteiger partial charge in [0.15, 0.2) is 0 Å². The number of aromatic nitrogens is 1. The quantitative estimate of drug-likeness (QED) is 0.864. The van der Waals surface area contributed by atoms with Crippen LogP contribution in [0.3, 0.4) is 0 Å². The highest BCUT2D eigenvalue weighted by molar-refractivity contribution is 8.00. The Labute approximate surface area is 130 Å². The largest absolute Gasteiger partial charge is 0.363 e. The lowest BCUT2D eigenvalue weighted by Gasteiger charge is -2.36. The van der Waals surface area contributed by atoms with Crippen molar-refractivity contribution in [2.45, 2.75) is 48.9 Å². The highest BCUT2D eigenvalue weighted by atomic mass is 32.2. The molecule has 2 fully saturated rings. The molecule has 1 saturated heterocycles. The van der Waals surface area contributed by atoms with Gasteiger partial charge < -0.3 is 10.3 Å². The zero-order valence-corrected chi connectivity index (χ0v) is 14.2. The Kier molecular flexibility index (Phi) is 4.11. The minimum atomic E-state index is -3.37. The van der Waals surface area contributed by atoms with Gasteiger partial charge in [-0.25, -0.2) is 8.42 Å². The molecule has 2 heterocycles. The van der Waals surface area contributed by atoms with Gasteiger partial charge in [-0.3, -0.25) is 0 Å². The molecule has 3 rings (SSSR count). The number of aromatic amines is 1. The normalized spacial score (nSPS) is 23.3. The van der Waals surface area contributed by atoms with E-state index in [1.54, 1.807) is 16.6 Å². The zero-order valence-electron chi connectivity index (χ0n) is 12.6. The van der Waals surface area contributed by atoms with Gasteiger partial charge in [-0.15, -0.1) is 0 Å². The Bertz CT molecular complexity index is 605. The van der Waals surface area contributed by atoms with E-state index >= 15 is 0 Å². The van der Waals surface area contributed by atoms with Gasteiger partial charge >= 0.3 is 0 Å². The number of rotatable bonds is 5. The van der Waals surface area contributed by atoms with Gasteiger partial charge in [-0.2, -0.15) is 16.1 Å². The minimum absolute atomic E-state index is 0.0159. The molecule has 0 spiro atoms. The van der Waals surface area contributed by atoms with Crippen LogP contribution in [-0.4, -0.2) is 47.3 Å². The predicted molar refractivity (Wildman–Crippen MR) is 86.0 cm³/mol. The van der Waals surface area contributed by atoms with Crippen LogP contribution in [0.1, 0.15) is 32.4 Å². The van der Waals surface area contributed by atoms with Gasteiger partial charge in [0.25, 0.3) is 0 Å². The summed E-state index contributed by atoms with van der Waals surface area (Å²) in [6.07, 6.45) is 4.08. The first-order chi connectivity index (χ1) is 9.87. The summed E-state index contributed by atoms with van der Waals surface area (Å²) in [5.41, 5.74) is 0.936. The molecule has 7 heteroatoms. The molecule has 1 aliphatic heterocycles. The lowest BCUT2D eigenvalue weighted by molar-refractivity contribution is 0.387. The van der Waals surface area contributed by atoms with Crippen molar-refractivity contribution < 1.29 is 8.42 Å². The standard InChI is InChI=1S/C14H23N3O2S2/c1-14(2)10-17(5-6-20-14)21(18,19)13-7-12(16-9-13)8-15-11-3-4-11/h7,9,11,15-16H,3-6,8,10H2,1-2H3. The average Bonchev–Trinajstić information content (AvgIpc) is 3.11. The molecular formula is C14H23N3O2S2. The van der Waals surface area contributed by atoms with Crippen LogP contribution in [0.4, 0.5) is 0 Å². The number of hydrogen-bond donors (Lipinski definition) is 2. The number of nitrogens with one attached hydrogen (secondary N) is 2. The fourth-order valence-electron chi connectivity index (χ4n) is 2.54. The molecule has 0 bridgehead atoms. The number of thioether (sulfide) groups is 1. The van der Waals surface area contributed by atoms with E-state index < -0.39 is 10.0 Å². The molecule has 1 aliphatic carbocycles. The van der Waals surface area contributed by atoms with Crippen LogP contribution in [-0.2, 0) is 16.6 Å². The third-order valence-corrected chi connectivity index (χ3v) is 7.02. The number of hydrogen-bond acceptors (Lipinski definition) is 4. The summed E-state index contributed by atoms with van der Waals surface area (Å²) in [5.74, 6) is 0.854. The van der Waals surface area contributed by atoms with E-state index in [0.717, 1.165) is 11.4 Å². The van der Waals surface area contributed by atoms with Gasteiger partial charge in [0, 0.05) is 48.1 Å². The van der Waals surface area contributed by atoms with Gasteiger partial charge in [-0.05, 0) is 32.8 Å². The lowest BCUT2D eigenvalue weighted by atomic mass is 10.2. The van der Waals surface area contributed by atoms with Crippen molar-refractivity contribution in [1.29, 1.82) is 0 Å². The van der Waals surface area contributed by atoms with Gasteiger partial charge in [0.05, 0.1) is 4.90 Å². The molecule has 0 atom stereocenters. The summed E-state index contributed by atoms with van der Waals surface area (Å²) >= 11 is 1.83. The Morgan fingerprint density at radius 2 is 2.24 bits per heavy atom. The molecule has 1 aromatic rings. The maximum Gasteiger partial charge on any atom is 0.244 e. The maximum absolute atomic E-state index is 12.7. The first-order valence-electron chi connectivity index (χ1n) is 7.42. The van der Waals surface area contributed by atoms with E-state index in [9.17, 15) is 8.42 Å². The SMILES string of the molecule is CC1(C)CN(S(=O)(=O)c2c[nH]c(CNC3CC3)c2)CCS1. The van der Waals surface area contributed by atoms with E-state index in [1.807, 2.05) is 11.8 Å². The van der Waals surface area contributed by atoms with Crippen LogP contribution in [0.2, 0.25) is 0 Å². The number of sulfonamides is 1. The Hall–Kier alpha value is -0.500. The molecule has 118 valence electrons. The summed E-state index contributed by atoms with van der Waals surface area (Å²) in [5, 5.41) is 3.39. The smallest absolute Gasteiger partial charge is 0.244 e. The molecule has 0 aromatic carbocycles. The molecule has 1 aromatic heterocycles. The topological polar surface area (TPSA) is 65.2 Å². The van der Waals surface area contributed by atoms with Crippen LogP contribution < -0.4 is 5.32 Å². The molecule has 5 nitrogen and oxygen atoms in total. The van der Waals surface area contributed by atoms with Crippen molar-refractivity contribution in [3.63, 3.8) is 0 Å². The molecule has 21 heavy (non-hydrogen) atoms. The van der Waals surface area contributed by atoms with Crippen molar-refractivity contribution >= 4 is 21.8 Å². The highest BCUT2D eigenvalue weighted by Gasteiger charge is 2.35. The number of H-pyrrole nitrogens is 1. The van der Waals surface area contributed by atoms with Crippen LogP contribution in [0.5, 0.6) is 0 Å². The average molecular weight is 329 g/mol. The molecular weight excluding hydrogens is 306 g/mol. The predicted octanol–water partition coefficient (Wildman–Crippen LogP) is 1.78. The zero-order chi connectivity index (χ0) is 15.1. The minimum Gasteiger partial charge on any atom is -0.363 e. The van der Waals surface area contributed by atoms with E-state index in [2.05, 4.69) is 24.1 Å². The summed E-state index contributed by atoms with van der Waals surface area (Å²) < 4.78 is 27.0. The fraction of sp³-hybridized carbons (Fsp3) is 0.714. The second kappa shape index (κ2) is 5.61. The van der Waals surface area contributed by atoms with Crippen LogP contribution >= 0.6 is 11.8 Å². The first kappa shape index (κ1) is 15.4. The Morgan fingerprint density at radius 1 is 1.48 bits per heavy atom. The second-order valence-corrected chi connectivity index (χ2v) is 10.2. The van der Waals surface area contributed by atoms with E-state index in [-0.39, 0.29) is 4.75 Å². The van der Waals surface area contributed by atoms with Crippen molar-refractivity contribution in [2.24, 2.45) is 0 Å². The van der Waals surface area contributed by atoms with Crippen molar-refractivity contribution in [1.82, 2.24) is 14.6 Å². The van der Waals surface area contributed by atoms with E-state index in [0.29, 0.717) is 30.6 Å². The summed E-state index contributed by atoms with van der Waals surface area (Å²) in [6, 6.07) is 2.38. The molecule has 0 amide bonds. The molecule has 2 N–H and O–H groups in total. The molecule has 0 radical (unpaired) electrons. The van der Waals surface area contributed by atoms with E-state index in [4.69, 9.17) is 0 Å². The maximum atomic E-state index is 12.7. The summed E-state index contributed by atoms with van der Waals surface area (Å²) in [6.45, 7) is 6.07. The third-order valence-electron chi connectivity index (χ3n) is 3.90. The number of nitrogens with zero attached hydrogens (tertiary/aromatic N) is 1. The van der Waals surface area contributed by atoms with Gasteiger partial charge in [0.1, 0.15) is 0 Å².